The maximum absolute atomic E-state index is 12.5. The number of thiocarbonyl (C=S) groups is 1. The van der Waals surface area contributed by atoms with Gasteiger partial charge in [-0.15, -0.1) is 11.8 Å². The Balaban J connectivity index is 0.000000320. The van der Waals surface area contributed by atoms with Crippen LogP contribution < -0.4 is 9.80 Å². The highest BCUT2D eigenvalue weighted by Crippen LogP contribution is 2.29. The Bertz CT molecular complexity index is 926. The van der Waals surface area contributed by atoms with Gasteiger partial charge in [-0.05, 0) is 44.4 Å². The molecule has 0 radical (unpaired) electrons. The van der Waals surface area contributed by atoms with Gasteiger partial charge in [-0.25, -0.2) is 0 Å². The minimum atomic E-state index is -4.48. The first-order valence-electron chi connectivity index (χ1n) is 9.14. The fourth-order valence-corrected chi connectivity index (χ4v) is 3.23. The standard InChI is InChI=1S/C10H12N2O2S2.C9H9F3N2O2/c1-3-11(10(15)16-2)8-4-6-9(7-5-8)12(13)14;1-2-13(9(10,11)12)7-3-5-8(6-4-7)14(15)16/h4-7H,3H2,1-2H3;3-6H,2H2,1H3. The van der Waals surface area contributed by atoms with Crippen molar-refractivity contribution in [3.63, 3.8) is 0 Å². The summed E-state index contributed by atoms with van der Waals surface area (Å²) >= 11 is 6.68. The first-order chi connectivity index (χ1) is 15.0. The lowest BCUT2D eigenvalue weighted by Crippen LogP contribution is -2.37. The highest BCUT2D eigenvalue weighted by molar-refractivity contribution is 8.22. The van der Waals surface area contributed by atoms with Gasteiger partial charge in [0.2, 0.25) is 0 Å². The second-order valence-corrected chi connectivity index (χ2v) is 7.41. The Morgan fingerprint density at radius 2 is 1.31 bits per heavy atom. The second-order valence-electron chi connectivity index (χ2n) is 5.97. The topological polar surface area (TPSA) is 92.8 Å². The Labute approximate surface area is 192 Å². The van der Waals surface area contributed by atoms with Gasteiger partial charge in [0.25, 0.3) is 11.4 Å². The van der Waals surface area contributed by atoms with Crippen LogP contribution in [0, 0.1) is 20.2 Å². The molecule has 0 unspecified atom stereocenters. The van der Waals surface area contributed by atoms with Crippen molar-refractivity contribution in [2.75, 3.05) is 29.1 Å². The largest absolute Gasteiger partial charge is 0.484 e. The van der Waals surface area contributed by atoms with Gasteiger partial charge in [-0.1, -0.05) is 12.2 Å². The molecule has 0 N–H and O–H groups in total. The number of non-ortho nitro benzene ring substituents is 2. The average Bonchev–Trinajstić information content (AvgIpc) is 2.74. The molecule has 0 fully saturated rings. The Hall–Kier alpha value is -2.93. The van der Waals surface area contributed by atoms with Crippen molar-refractivity contribution < 1.29 is 23.0 Å². The SMILES string of the molecule is CCN(C(=S)SC)c1ccc([N+](=O)[O-])cc1.CCN(c1ccc([N+](=O)[O-])cc1)C(F)(F)F. The first kappa shape index (κ1) is 27.1. The van der Waals surface area contributed by atoms with Crippen LogP contribution in [0.4, 0.5) is 35.9 Å². The quantitative estimate of drug-likeness (QED) is 0.210. The molecule has 0 heterocycles. The molecule has 2 rings (SSSR count). The summed E-state index contributed by atoms with van der Waals surface area (Å²) in [6, 6.07) is 10.6. The predicted molar refractivity (Wildman–Crippen MR) is 124 cm³/mol. The Morgan fingerprint density at radius 1 is 0.906 bits per heavy atom. The number of alkyl halides is 3. The molecule has 0 saturated heterocycles. The smallest absolute Gasteiger partial charge is 0.328 e. The number of hydrogen-bond acceptors (Lipinski definition) is 7. The third-order valence-electron chi connectivity index (χ3n) is 4.08. The number of nitro benzene ring substituents is 2. The molecule has 0 spiro atoms. The van der Waals surface area contributed by atoms with E-state index in [1.807, 2.05) is 18.1 Å². The van der Waals surface area contributed by atoms with Crippen molar-refractivity contribution >= 4 is 51.0 Å². The van der Waals surface area contributed by atoms with Crippen LogP contribution in [0.1, 0.15) is 13.8 Å². The van der Waals surface area contributed by atoms with Crippen molar-refractivity contribution in [3.8, 4) is 0 Å². The lowest BCUT2D eigenvalue weighted by atomic mass is 10.2. The minimum Gasteiger partial charge on any atom is -0.328 e. The van der Waals surface area contributed by atoms with E-state index >= 15 is 0 Å². The van der Waals surface area contributed by atoms with Crippen LogP contribution >= 0.6 is 24.0 Å². The van der Waals surface area contributed by atoms with Crippen molar-refractivity contribution in [1.29, 1.82) is 0 Å². The summed E-state index contributed by atoms with van der Waals surface area (Å²) in [5, 5.41) is 20.8. The summed E-state index contributed by atoms with van der Waals surface area (Å²) < 4.78 is 38.1. The van der Waals surface area contributed by atoms with Gasteiger partial charge in [-0.2, -0.15) is 13.2 Å². The number of nitro groups is 2. The van der Waals surface area contributed by atoms with Crippen LogP contribution in [0.15, 0.2) is 48.5 Å². The molecule has 2 aromatic carbocycles. The number of anilines is 2. The number of rotatable bonds is 6. The summed E-state index contributed by atoms with van der Waals surface area (Å²) in [5.74, 6) is 0. The van der Waals surface area contributed by atoms with Gasteiger partial charge in [0.15, 0.2) is 0 Å². The van der Waals surface area contributed by atoms with Crippen LogP contribution in [-0.4, -0.2) is 39.8 Å². The van der Waals surface area contributed by atoms with Gasteiger partial charge >= 0.3 is 6.30 Å². The molecule has 8 nitrogen and oxygen atoms in total. The highest BCUT2D eigenvalue weighted by Gasteiger charge is 2.36. The monoisotopic (exact) mass is 490 g/mol. The molecule has 0 atom stereocenters. The van der Waals surface area contributed by atoms with Crippen molar-refractivity contribution in [1.82, 2.24) is 0 Å². The van der Waals surface area contributed by atoms with Gasteiger partial charge in [-0.3, -0.25) is 25.1 Å². The molecule has 0 aliphatic rings. The second kappa shape index (κ2) is 12.2. The summed E-state index contributed by atoms with van der Waals surface area (Å²) in [5.41, 5.74) is 0.630. The maximum atomic E-state index is 12.5. The lowest BCUT2D eigenvalue weighted by Gasteiger charge is -2.25. The third kappa shape index (κ3) is 7.64. The number of hydrogen-bond donors (Lipinski definition) is 0. The summed E-state index contributed by atoms with van der Waals surface area (Å²) in [7, 11) is 0. The number of halogens is 3. The molecule has 0 aliphatic carbocycles. The van der Waals surface area contributed by atoms with E-state index in [-0.39, 0.29) is 28.5 Å². The van der Waals surface area contributed by atoms with Crippen molar-refractivity contribution in [3.05, 3.63) is 68.8 Å². The zero-order valence-electron chi connectivity index (χ0n) is 17.4. The molecule has 32 heavy (non-hydrogen) atoms. The molecule has 13 heteroatoms. The Kier molecular flexibility index (Phi) is 10.3. The van der Waals surface area contributed by atoms with Gasteiger partial charge in [0, 0.05) is 48.7 Å². The zero-order chi connectivity index (χ0) is 24.5. The lowest BCUT2D eigenvalue weighted by molar-refractivity contribution is -0.385. The van der Waals surface area contributed by atoms with E-state index < -0.39 is 16.1 Å². The van der Waals surface area contributed by atoms with Crippen LogP contribution in [0.2, 0.25) is 0 Å². The van der Waals surface area contributed by atoms with E-state index in [1.165, 1.54) is 30.8 Å². The van der Waals surface area contributed by atoms with E-state index in [4.69, 9.17) is 12.2 Å². The van der Waals surface area contributed by atoms with Crippen molar-refractivity contribution in [2.45, 2.75) is 20.1 Å². The van der Waals surface area contributed by atoms with Gasteiger partial charge in [0.1, 0.15) is 4.32 Å². The van der Waals surface area contributed by atoms with E-state index in [1.54, 1.807) is 12.1 Å². The molecule has 2 aromatic rings. The minimum absolute atomic E-state index is 0.0925. The van der Waals surface area contributed by atoms with E-state index in [9.17, 15) is 33.4 Å². The molecule has 0 saturated carbocycles. The molecular weight excluding hydrogens is 469 g/mol. The maximum Gasteiger partial charge on any atom is 0.484 e. The fourth-order valence-electron chi connectivity index (χ4n) is 2.54. The van der Waals surface area contributed by atoms with E-state index in [0.717, 1.165) is 40.8 Å². The van der Waals surface area contributed by atoms with Crippen molar-refractivity contribution in [2.24, 2.45) is 0 Å². The first-order valence-corrected chi connectivity index (χ1v) is 10.8. The number of benzene rings is 2. The van der Waals surface area contributed by atoms with Gasteiger partial charge < -0.3 is 4.90 Å². The van der Waals surface area contributed by atoms with Crippen LogP contribution in [0.3, 0.4) is 0 Å². The zero-order valence-corrected chi connectivity index (χ0v) is 19.0. The Morgan fingerprint density at radius 3 is 1.59 bits per heavy atom. The fraction of sp³-hybridized carbons (Fsp3) is 0.316. The van der Waals surface area contributed by atoms with E-state index in [0.29, 0.717) is 0 Å². The van der Waals surface area contributed by atoms with Crippen LogP contribution in [0.5, 0.6) is 0 Å². The van der Waals surface area contributed by atoms with E-state index in [2.05, 4.69) is 0 Å². The predicted octanol–water partition coefficient (Wildman–Crippen LogP) is 6.01. The molecule has 174 valence electrons. The molecular formula is C19H21F3N4O4S2. The normalized spacial score (nSPS) is 10.6. The van der Waals surface area contributed by atoms with Gasteiger partial charge in [0.05, 0.1) is 9.85 Å². The number of thioether (sulfide) groups is 1. The summed E-state index contributed by atoms with van der Waals surface area (Å²) in [4.78, 5) is 21.9. The summed E-state index contributed by atoms with van der Waals surface area (Å²) in [6.07, 6.45) is -2.57. The number of nitrogens with zero attached hydrogens (tertiary/aromatic N) is 4. The van der Waals surface area contributed by atoms with Crippen LogP contribution in [-0.2, 0) is 0 Å². The average molecular weight is 491 g/mol. The molecule has 0 aromatic heterocycles. The summed E-state index contributed by atoms with van der Waals surface area (Å²) in [6.45, 7) is 3.84. The highest BCUT2D eigenvalue weighted by atomic mass is 32.2. The molecule has 0 aliphatic heterocycles. The third-order valence-corrected chi connectivity index (χ3v) is 5.37. The molecule has 0 amide bonds. The molecule has 0 bridgehead atoms. The van der Waals surface area contributed by atoms with Crippen LogP contribution in [0.25, 0.3) is 0 Å².